The van der Waals surface area contributed by atoms with Crippen LogP contribution in [0.15, 0.2) is 42.6 Å². The third-order valence-corrected chi connectivity index (χ3v) is 5.11. The van der Waals surface area contributed by atoms with Gasteiger partial charge in [0.1, 0.15) is 16.5 Å². The van der Waals surface area contributed by atoms with Crippen LogP contribution >= 0.6 is 11.3 Å². The Bertz CT molecular complexity index is 829. The maximum Gasteiger partial charge on any atom is 0.166 e. The lowest BCUT2D eigenvalue weighted by Gasteiger charge is -2.07. The Balaban J connectivity index is 1.41. The van der Waals surface area contributed by atoms with E-state index in [-0.39, 0.29) is 5.82 Å². The zero-order chi connectivity index (χ0) is 17.1. The summed E-state index contributed by atoms with van der Waals surface area (Å²) in [5.74, 6) is 0.203. The monoisotopic (exact) mass is 356 g/mol. The minimum Gasteiger partial charge on any atom is -0.381 e. The van der Waals surface area contributed by atoms with Crippen molar-refractivity contribution in [3.8, 4) is 10.7 Å². The standard InChI is InChI=1S/C18H17FN4OS/c19-14-2-4-15(5-3-14)20-10-17-22-23-18(25-17)16-6-1-12(9-21-16)13-7-8-24-11-13/h1-6,9,13,20H,7-8,10-11H2. The van der Waals surface area contributed by atoms with E-state index in [1.165, 1.54) is 29.0 Å². The van der Waals surface area contributed by atoms with Gasteiger partial charge >= 0.3 is 0 Å². The first-order valence-corrected chi connectivity index (χ1v) is 8.95. The van der Waals surface area contributed by atoms with Gasteiger partial charge in [0.15, 0.2) is 5.01 Å². The highest BCUT2D eigenvalue weighted by Gasteiger charge is 2.18. The summed E-state index contributed by atoms with van der Waals surface area (Å²) in [7, 11) is 0. The fourth-order valence-electron chi connectivity index (χ4n) is 2.74. The van der Waals surface area contributed by atoms with E-state index < -0.39 is 0 Å². The Labute approximate surface area is 148 Å². The summed E-state index contributed by atoms with van der Waals surface area (Å²) < 4.78 is 18.3. The Morgan fingerprint density at radius 3 is 2.76 bits per heavy atom. The number of anilines is 1. The summed E-state index contributed by atoms with van der Waals surface area (Å²) in [6, 6.07) is 10.3. The van der Waals surface area contributed by atoms with E-state index >= 15 is 0 Å². The molecule has 1 fully saturated rings. The van der Waals surface area contributed by atoms with Crippen molar-refractivity contribution in [1.82, 2.24) is 15.2 Å². The molecule has 1 aliphatic rings. The molecule has 2 aromatic heterocycles. The van der Waals surface area contributed by atoms with Gasteiger partial charge in [-0.05, 0) is 42.3 Å². The highest BCUT2D eigenvalue weighted by molar-refractivity contribution is 7.14. The molecular formula is C18H17FN4OS. The molecule has 5 nitrogen and oxygen atoms in total. The number of halogens is 1. The topological polar surface area (TPSA) is 59.9 Å². The van der Waals surface area contributed by atoms with E-state index in [4.69, 9.17) is 4.74 Å². The van der Waals surface area contributed by atoms with Crippen LogP contribution in [0.2, 0.25) is 0 Å². The highest BCUT2D eigenvalue weighted by atomic mass is 32.1. The van der Waals surface area contributed by atoms with Gasteiger partial charge in [-0.2, -0.15) is 0 Å². The molecule has 0 amide bonds. The van der Waals surface area contributed by atoms with Crippen LogP contribution in [0.1, 0.15) is 22.9 Å². The molecule has 1 saturated heterocycles. The number of ether oxygens (including phenoxy) is 1. The van der Waals surface area contributed by atoms with Crippen LogP contribution in [0.3, 0.4) is 0 Å². The number of nitrogens with one attached hydrogen (secondary N) is 1. The van der Waals surface area contributed by atoms with E-state index in [0.717, 1.165) is 41.0 Å². The number of nitrogens with zero attached hydrogens (tertiary/aromatic N) is 3. The van der Waals surface area contributed by atoms with Crippen LogP contribution in [0.25, 0.3) is 10.7 Å². The zero-order valence-electron chi connectivity index (χ0n) is 13.5. The first-order valence-electron chi connectivity index (χ1n) is 8.14. The van der Waals surface area contributed by atoms with Crippen LogP contribution in [0, 0.1) is 5.82 Å². The summed E-state index contributed by atoms with van der Waals surface area (Å²) >= 11 is 1.50. The Kier molecular flexibility index (Phi) is 4.67. The van der Waals surface area contributed by atoms with Gasteiger partial charge in [-0.1, -0.05) is 17.4 Å². The van der Waals surface area contributed by atoms with Gasteiger partial charge in [0, 0.05) is 24.4 Å². The quantitative estimate of drug-likeness (QED) is 0.752. The first-order chi connectivity index (χ1) is 12.3. The van der Waals surface area contributed by atoms with Crippen LogP contribution in [0.5, 0.6) is 0 Å². The van der Waals surface area contributed by atoms with Crippen LogP contribution in [-0.2, 0) is 11.3 Å². The molecular weight excluding hydrogens is 339 g/mol. The molecule has 0 aliphatic carbocycles. The van der Waals surface area contributed by atoms with Gasteiger partial charge < -0.3 is 10.1 Å². The van der Waals surface area contributed by atoms with E-state index in [1.807, 2.05) is 12.3 Å². The fraction of sp³-hybridized carbons (Fsp3) is 0.278. The number of hydrogen-bond donors (Lipinski definition) is 1. The van der Waals surface area contributed by atoms with Gasteiger partial charge in [0.2, 0.25) is 0 Å². The molecule has 3 heterocycles. The maximum atomic E-state index is 12.9. The maximum absolute atomic E-state index is 12.9. The lowest BCUT2D eigenvalue weighted by Crippen LogP contribution is -1.98. The van der Waals surface area contributed by atoms with Crippen molar-refractivity contribution < 1.29 is 9.13 Å². The minimum atomic E-state index is -0.248. The van der Waals surface area contributed by atoms with E-state index in [1.54, 1.807) is 12.1 Å². The van der Waals surface area contributed by atoms with Crippen molar-refractivity contribution >= 4 is 17.0 Å². The lowest BCUT2D eigenvalue weighted by atomic mass is 10.0. The van der Waals surface area contributed by atoms with Gasteiger partial charge in [0.25, 0.3) is 0 Å². The van der Waals surface area contributed by atoms with Crippen molar-refractivity contribution in [1.29, 1.82) is 0 Å². The molecule has 1 unspecified atom stereocenters. The fourth-order valence-corrected chi connectivity index (χ4v) is 3.50. The largest absolute Gasteiger partial charge is 0.381 e. The third kappa shape index (κ3) is 3.83. The SMILES string of the molecule is Fc1ccc(NCc2nnc(-c3ccc(C4CCOC4)cn3)s2)cc1. The number of pyridine rings is 1. The number of rotatable bonds is 5. The third-order valence-electron chi connectivity index (χ3n) is 4.16. The second kappa shape index (κ2) is 7.25. The molecule has 0 bridgehead atoms. The second-order valence-electron chi connectivity index (χ2n) is 5.90. The van der Waals surface area contributed by atoms with Crippen molar-refractivity contribution in [2.75, 3.05) is 18.5 Å². The van der Waals surface area contributed by atoms with Crippen molar-refractivity contribution in [2.24, 2.45) is 0 Å². The molecule has 0 radical (unpaired) electrons. The molecule has 1 aliphatic heterocycles. The number of hydrogen-bond acceptors (Lipinski definition) is 6. The average Bonchev–Trinajstić information content (AvgIpc) is 3.34. The Morgan fingerprint density at radius 1 is 1.16 bits per heavy atom. The summed E-state index contributed by atoms with van der Waals surface area (Å²) in [6.07, 6.45) is 2.96. The van der Waals surface area contributed by atoms with Crippen molar-refractivity contribution in [3.63, 3.8) is 0 Å². The normalized spacial score (nSPS) is 16.9. The Morgan fingerprint density at radius 2 is 2.04 bits per heavy atom. The zero-order valence-corrected chi connectivity index (χ0v) is 14.3. The number of benzene rings is 1. The van der Waals surface area contributed by atoms with Crippen molar-refractivity contribution in [3.05, 3.63) is 59.0 Å². The molecule has 0 saturated carbocycles. The molecule has 4 rings (SSSR count). The lowest BCUT2D eigenvalue weighted by molar-refractivity contribution is 0.194. The minimum absolute atomic E-state index is 0.248. The molecule has 128 valence electrons. The smallest absolute Gasteiger partial charge is 0.166 e. The van der Waals surface area contributed by atoms with E-state index in [2.05, 4.69) is 26.6 Å². The molecule has 3 aromatic rings. The summed E-state index contributed by atoms with van der Waals surface area (Å²) in [6.45, 7) is 2.15. The first kappa shape index (κ1) is 16.1. The molecule has 1 N–H and O–H groups in total. The van der Waals surface area contributed by atoms with E-state index in [0.29, 0.717) is 12.5 Å². The average molecular weight is 356 g/mol. The Hall–Kier alpha value is -2.38. The second-order valence-corrected chi connectivity index (χ2v) is 6.96. The van der Waals surface area contributed by atoms with Gasteiger partial charge in [-0.15, -0.1) is 10.2 Å². The summed E-state index contributed by atoms with van der Waals surface area (Å²) in [5.41, 5.74) is 2.89. The van der Waals surface area contributed by atoms with Gasteiger partial charge in [-0.3, -0.25) is 4.98 Å². The van der Waals surface area contributed by atoms with Crippen LogP contribution in [0.4, 0.5) is 10.1 Å². The predicted molar refractivity (Wildman–Crippen MR) is 95.0 cm³/mol. The van der Waals surface area contributed by atoms with E-state index in [9.17, 15) is 4.39 Å². The number of aromatic nitrogens is 3. The van der Waals surface area contributed by atoms with Crippen LogP contribution < -0.4 is 5.32 Å². The molecule has 1 aromatic carbocycles. The van der Waals surface area contributed by atoms with Crippen LogP contribution in [-0.4, -0.2) is 28.4 Å². The van der Waals surface area contributed by atoms with Gasteiger partial charge in [-0.25, -0.2) is 4.39 Å². The van der Waals surface area contributed by atoms with Crippen molar-refractivity contribution in [2.45, 2.75) is 18.9 Å². The molecule has 0 spiro atoms. The molecule has 7 heteroatoms. The molecule has 1 atom stereocenters. The predicted octanol–water partition coefficient (Wildman–Crippen LogP) is 3.86. The summed E-state index contributed by atoms with van der Waals surface area (Å²) in [5, 5.41) is 13.3. The molecule has 25 heavy (non-hydrogen) atoms. The van der Waals surface area contributed by atoms with Gasteiger partial charge in [0.05, 0.1) is 13.2 Å². The highest BCUT2D eigenvalue weighted by Crippen LogP contribution is 2.27. The summed E-state index contributed by atoms with van der Waals surface area (Å²) in [4.78, 5) is 4.53.